The van der Waals surface area contributed by atoms with Gasteiger partial charge in [0.15, 0.2) is 5.78 Å². The average molecular weight is 1610 g/mol. The fraction of sp³-hybridized carbons (Fsp3) is 0.667. The van der Waals surface area contributed by atoms with Gasteiger partial charge in [-0.2, -0.15) is 0 Å². The van der Waals surface area contributed by atoms with Crippen LogP contribution in [0, 0.1) is 46.6 Å². The number of hydrogen-bond donors (Lipinski definition) is 9. The van der Waals surface area contributed by atoms with E-state index in [9.17, 15) is 71.1 Å². The molecule has 113 heavy (non-hydrogen) atoms. The Bertz CT molecular complexity index is 3600. The molecule has 2 unspecified atom stereocenters. The summed E-state index contributed by atoms with van der Waals surface area (Å²) in [6.07, 6.45) is -0.921. The molecule has 2 aromatic rings. The van der Waals surface area contributed by atoms with Crippen LogP contribution >= 0.6 is 11.8 Å². The van der Waals surface area contributed by atoms with Gasteiger partial charge in [0.05, 0.1) is 66.6 Å². The van der Waals surface area contributed by atoms with Crippen molar-refractivity contribution >= 4 is 101 Å². The molecular formula is C78H120F2N14O18S. The molecule has 32 nitrogen and oxygen atoms in total. The maximum Gasteiger partial charge on any atom is 0.409 e. The first-order chi connectivity index (χ1) is 53.3. The molecule has 3 aliphatic rings. The summed E-state index contributed by atoms with van der Waals surface area (Å²) in [6, 6.07) is 2.98. The molecule has 2 heterocycles. The van der Waals surface area contributed by atoms with E-state index in [1.54, 1.807) is 64.2 Å². The highest BCUT2D eigenvalue weighted by atomic mass is 32.2. The Morgan fingerprint density at radius 1 is 0.735 bits per heavy atom. The Morgan fingerprint density at radius 3 is 1.96 bits per heavy atom. The molecule has 14 amide bonds. The zero-order valence-corrected chi connectivity index (χ0v) is 68.8. The van der Waals surface area contributed by atoms with Gasteiger partial charge in [0, 0.05) is 91.6 Å². The molecule has 2 saturated heterocycles. The Balaban J connectivity index is 1.17. The lowest BCUT2D eigenvalue weighted by Crippen LogP contribution is -2.59. The molecule has 12 atom stereocenters. The van der Waals surface area contributed by atoms with Crippen molar-refractivity contribution in [3.05, 3.63) is 65.2 Å². The minimum Gasteiger partial charge on any atom is -0.445 e. The van der Waals surface area contributed by atoms with Gasteiger partial charge in [-0.25, -0.2) is 23.2 Å². The molecule has 3 fully saturated rings. The van der Waals surface area contributed by atoms with Gasteiger partial charge in [-0.15, -0.1) is 11.8 Å². The maximum absolute atomic E-state index is 15.0. The first-order valence-corrected chi connectivity index (χ1v) is 39.8. The highest BCUT2D eigenvalue weighted by Crippen LogP contribution is 2.52. The fourth-order valence-corrected chi connectivity index (χ4v) is 15.7. The number of unbranched alkanes of at least 4 members (excludes halogenated alkanes) is 2. The van der Waals surface area contributed by atoms with Crippen molar-refractivity contribution in [1.29, 1.82) is 0 Å². The van der Waals surface area contributed by atoms with Crippen molar-refractivity contribution < 1.29 is 94.9 Å². The first kappa shape index (κ1) is 94.5. The number of nitrogens with two attached hydrogens (primary N) is 2. The van der Waals surface area contributed by atoms with Crippen LogP contribution in [0.1, 0.15) is 162 Å². The van der Waals surface area contributed by atoms with Crippen molar-refractivity contribution in [2.45, 2.75) is 212 Å². The molecule has 0 radical (unpaired) electrons. The Kier molecular flexibility index (Phi) is 37.7. The second kappa shape index (κ2) is 45.1. The molecule has 35 heteroatoms. The highest BCUT2D eigenvalue weighted by Gasteiger charge is 2.49. The van der Waals surface area contributed by atoms with E-state index in [0.29, 0.717) is 42.7 Å². The van der Waals surface area contributed by atoms with Gasteiger partial charge in [0.2, 0.25) is 59.1 Å². The third kappa shape index (κ3) is 28.5. The quantitative estimate of drug-likeness (QED) is 0.0240. The van der Waals surface area contributed by atoms with E-state index in [1.165, 1.54) is 59.6 Å². The number of primary amides is 2. The highest BCUT2D eigenvalue weighted by molar-refractivity contribution is 8.00. The van der Waals surface area contributed by atoms with Gasteiger partial charge in [-0.1, -0.05) is 93.4 Å². The number of nitrogens with one attached hydrogen (secondary N) is 7. The topological polar surface area (TPSA) is 428 Å². The van der Waals surface area contributed by atoms with Crippen molar-refractivity contribution in [3.8, 4) is 0 Å². The SMILES string of the molecule is CC[C@H](C)C([C@@H](CC(=O)N1C[C@@H](OC(=O)N(C)CCNC(=O)OCc2ccc(NC(=O)[C@H](CCCNC(N)=O)NC(=O)[C@@H](NC(=O)CCCCCN3C(=O)CC(SCC4(CC(N)=O)CC4)C3=O)C(C)C)cc2)C[C@H]1[C@H](OC)[C@@H](C)C(=O)NCC(=O)c1c(F)cccc1F)OC)N(C)C(=O)[C@@H](NC(=O)[C@H](C(C)C)N(C)C)C(C)C. The summed E-state index contributed by atoms with van der Waals surface area (Å²) in [6.45, 7) is 15.1. The summed E-state index contributed by atoms with van der Waals surface area (Å²) in [4.78, 5) is 194. The monoisotopic (exact) mass is 1610 g/mol. The number of rotatable bonds is 47. The summed E-state index contributed by atoms with van der Waals surface area (Å²) in [5.41, 5.74) is 10.4. The Hall–Kier alpha value is -9.09. The number of anilines is 1. The fourth-order valence-electron chi connectivity index (χ4n) is 14.2. The minimum atomic E-state index is -1.15. The van der Waals surface area contributed by atoms with Crippen LogP contribution in [0.4, 0.5) is 28.9 Å². The predicted molar refractivity (Wildman–Crippen MR) is 417 cm³/mol. The number of hydrogen-bond acceptors (Lipinski definition) is 20. The van der Waals surface area contributed by atoms with Gasteiger partial charge in [0.25, 0.3) is 0 Å². The number of ketones is 1. The van der Waals surface area contributed by atoms with Crippen LogP contribution in [0.3, 0.4) is 0 Å². The molecule has 2 aliphatic heterocycles. The van der Waals surface area contributed by atoms with Gasteiger partial charge in [-0.3, -0.25) is 62.5 Å². The van der Waals surface area contributed by atoms with E-state index in [0.717, 1.165) is 31.0 Å². The smallest absolute Gasteiger partial charge is 0.409 e. The number of benzene rings is 2. The van der Waals surface area contributed by atoms with Crippen molar-refractivity contribution in [3.63, 3.8) is 0 Å². The number of carbonyl (C=O) groups is 14. The number of halogens is 2. The third-order valence-electron chi connectivity index (χ3n) is 21.0. The lowest BCUT2D eigenvalue weighted by molar-refractivity contribution is -0.148. The van der Waals surface area contributed by atoms with Gasteiger partial charge in [-0.05, 0) is 112 Å². The Labute approximate surface area is 665 Å². The largest absolute Gasteiger partial charge is 0.445 e. The van der Waals surface area contributed by atoms with E-state index < -0.39 is 155 Å². The number of likely N-dealkylation sites (tertiary alicyclic amines) is 2. The van der Waals surface area contributed by atoms with E-state index in [2.05, 4.69) is 37.2 Å². The standard InChI is InChI=1S/C78H120F2N14O18S/c1-16-47(8)67(92(13)74(105)65(45(4)5)89-72(103)66(46(6)7)90(10)11)57(109-14)37-61(98)94-41-51(36-55(94)68(110-15)48(9)69(100)85-40-56(95)63-52(79)22-20-23-53(63)80)112-77(108)91(12)35-33-84-76(107)111-42-49-26-28-50(29-27-49)86-70(101)54(24-21-32-83-75(82)106)87-71(102)64(44(2)3)88-60(97)25-18-17-19-34-93-62(99)38-58(73(93)104)113-43-78(30-31-78)39-59(81)96/h20,22-23,26-29,44-48,51,54-55,57-58,64-68H,16-19,21,24-25,30-43H2,1-15H3,(H2,81,96)(H,84,107)(H,85,100)(H,86,101)(H,87,102)(H,88,97)(H,89,103)(H3,82,83,106)/t47-,48+,51-,54-,55-,57+,58?,64-,65-,66-,67?,68+/m0/s1. The number of carbonyl (C=O) groups excluding carboxylic acids is 14. The molecule has 0 spiro atoms. The molecule has 0 aromatic heterocycles. The van der Waals surface area contributed by atoms with Gasteiger partial charge < -0.3 is 82.3 Å². The number of urea groups is 1. The van der Waals surface area contributed by atoms with Crippen molar-refractivity contribution in [2.24, 2.45) is 46.5 Å². The number of alkyl carbamates (subject to hydrolysis) is 1. The van der Waals surface area contributed by atoms with Crippen LogP contribution in [-0.2, 0) is 73.5 Å². The average Bonchev–Trinajstić information content (AvgIpc) is 1.76. The maximum atomic E-state index is 15.0. The van der Waals surface area contributed by atoms with E-state index in [-0.39, 0.29) is 131 Å². The number of methoxy groups -OCH3 is 2. The van der Waals surface area contributed by atoms with Crippen LogP contribution in [-0.4, -0.2) is 255 Å². The normalized spacial score (nSPS) is 18.2. The minimum absolute atomic E-state index is 0.0443. The second-order valence-corrected chi connectivity index (χ2v) is 32.2. The summed E-state index contributed by atoms with van der Waals surface area (Å²) < 4.78 is 52.6. The first-order valence-electron chi connectivity index (χ1n) is 38.7. The molecular weight excluding hydrogens is 1490 g/mol. The molecule has 11 N–H and O–H groups in total. The zero-order valence-electron chi connectivity index (χ0n) is 68.0. The van der Waals surface area contributed by atoms with Gasteiger partial charge in [0.1, 0.15) is 42.5 Å². The van der Waals surface area contributed by atoms with Crippen LogP contribution in [0.2, 0.25) is 0 Å². The Morgan fingerprint density at radius 2 is 1.39 bits per heavy atom. The molecule has 0 bridgehead atoms. The lowest BCUT2D eigenvalue weighted by atomic mass is 9.89. The van der Waals surface area contributed by atoms with E-state index >= 15 is 4.79 Å². The summed E-state index contributed by atoms with van der Waals surface area (Å²) >= 11 is 1.39. The zero-order chi connectivity index (χ0) is 84.3. The summed E-state index contributed by atoms with van der Waals surface area (Å²) in [5.74, 6) is -9.55. The number of likely N-dealkylation sites (N-methyl/N-ethyl adjacent to an activating group) is 3. The van der Waals surface area contributed by atoms with E-state index in [4.69, 9.17) is 30.4 Å². The van der Waals surface area contributed by atoms with Crippen molar-refractivity contribution in [1.82, 2.24) is 56.4 Å². The number of imide groups is 1. The predicted octanol–water partition coefficient (Wildman–Crippen LogP) is 4.97. The number of Topliss-reactive ketones (excluding diaryl/α,β-unsaturated/α-hetero) is 1. The molecule has 1 saturated carbocycles. The van der Waals surface area contributed by atoms with Crippen LogP contribution in [0.5, 0.6) is 0 Å². The molecule has 1 aliphatic carbocycles. The number of amides is 14. The van der Waals surface area contributed by atoms with Crippen molar-refractivity contribution in [2.75, 3.05) is 92.7 Å². The number of ether oxygens (including phenoxy) is 4. The third-order valence-corrected chi connectivity index (χ3v) is 22.5. The van der Waals surface area contributed by atoms with Gasteiger partial charge >= 0.3 is 18.2 Å². The van der Waals surface area contributed by atoms with Crippen LogP contribution in [0.15, 0.2) is 42.5 Å². The van der Waals surface area contributed by atoms with Crippen LogP contribution < -0.4 is 48.7 Å². The van der Waals surface area contributed by atoms with Crippen LogP contribution in [0.25, 0.3) is 0 Å². The molecule has 630 valence electrons. The molecule has 5 rings (SSSR count). The number of thioether (sulfide) groups is 1. The lowest BCUT2D eigenvalue weighted by Gasteiger charge is -2.41. The van der Waals surface area contributed by atoms with E-state index in [1.807, 2.05) is 41.5 Å². The number of nitrogens with zero attached hydrogens (tertiary/aromatic N) is 5. The summed E-state index contributed by atoms with van der Waals surface area (Å²) in [5, 5.41) is 18.2. The summed E-state index contributed by atoms with van der Waals surface area (Å²) in [7, 11) is 9.30. The molecule has 2 aromatic carbocycles. The second-order valence-electron chi connectivity index (χ2n) is 31.0.